The van der Waals surface area contributed by atoms with Crippen molar-refractivity contribution >= 4 is 29.2 Å². The summed E-state index contributed by atoms with van der Waals surface area (Å²) in [5, 5.41) is 12.4. The molecule has 1 fully saturated rings. The van der Waals surface area contributed by atoms with Crippen molar-refractivity contribution in [2.24, 2.45) is 11.8 Å². The van der Waals surface area contributed by atoms with Crippen molar-refractivity contribution in [1.29, 1.82) is 5.26 Å². The van der Waals surface area contributed by atoms with Crippen molar-refractivity contribution in [3.05, 3.63) is 42.2 Å². The fourth-order valence-corrected chi connectivity index (χ4v) is 4.06. The molecule has 27 heavy (non-hydrogen) atoms. The van der Waals surface area contributed by atoms with Crippen LogP contribution < -0.4 is 10.2 Å². The number of nitrogens with one attached hydrogen (secondary N) is 1. The minimum Gasteiger partial charge on any atom is -0.356 e. The number of thioether (sulfide) groups is 1. The maximum atomic E-state index is 12.2. The van der Waals surface area contributed by atoms with Gasteiger partial charge in [0.05, 0.1) is 17.4 Å². The highest BCUT2D eigenvalue weighted by Crippen LogP contribution is 2.27. The van der Waals surface area contributed by atoms with Gasteiger partial charge in [0, 0.05) is 24.8 Å². The van der Waals surface area contributed by atoms with E-state index in [-0.39, 0.29) is 11.7 Å². The van der Waals surface area contributed by atoms with Crippen molar-refractivity contribution < 1.29 is 4.79 Å². The van der Waals surface area contributed by atoms with Crippen molar-refractivity contribution in [2.75, 3.05) is 29.1 Å². The molecule has 0 bridgehead atoms. The first-order chi connectivity index (χ1) is 13.0. The summed E-state index contributed by atoms with van der Waals surface area (Å²) in [6.45, 7) is 6.55. The average Bonchev–Trinajstić information content (AvgIpc) is 2.66. The molecule has 1 aromatic heterocycles. The van der Waals surface area contributed by atoms with E-state index in [1.54, 1.807) is 30.6 Å². The SMILES string of the molecule is C[C@H]1C[C@H](C)CN(c2cc(SCC(=O)Nc3ccc(C#N)cc3)ncn2)C1. The summed E-state index contributed by atoms with van der Waals surface area (Å²) in [4.78, 5) is 23.2. The summed E-state index contributed by atoms with van der Waals surface area (Å²) >= 11 is 1.39. The molecule has 1 aliphatic heterocycles. The van der Waals surface area contributed by atoms with E-state index in [0.29, 0.717) is 23.1 Å². The predicted octanol–water partition coefficient (Wildman–Crippen LogP) is 3.56. The van der Waals surface area contributed by atoms with E-state index in [1.165, 1.54) is 18.2 Å². The standard InChI is InChI=1S/C20H23N5OS/c1-14-7-15(2)11-25(10-14)18-8-20(23-13-22-18)27-12-19(26)24-17-5-3-16(9-21)4-6-17/h3-6,8,13-15H,7,10-12H2,1-2H3,(H,24,26)/t14-,15-/m0/s1. The summed E-state index contributed by atoms with van der Waals surface area (Å²) in [5.74, 6) is 2.39. The van der Waals surface area contributed by atoms with Crippen LogP contribution in [0.3, 0.4) is 0 Å². The lowest BCUT2D eigenvalue weighted by Crippen LogP contribution is -2.39. The molecule has 0 aliphatic carbocycles. The number of amides is 1. The Labute approximate surface area is 164 Å². The smallest absolute Gasteiger partial charge is 0.234 e. The van der Waals surface area contributed by atoms with Crippen LogP contribution in [0.1, 0.15) is 25.8 Å². The molecule has 140 valence electrons. The summed E-state index contributed by atoms with van der Waals surface area (Å²) in [7, 11) is 0. The molecule has 1 aliphatic rings. The molecule has 0 spiro atoms. The van der Waals surface area contributed by atoms with E-state index in [1.807, 2.05) is 6.07 Å². The van der Waals surface area contributed by atoms with E-state index >= 15 is 0 Å². The van der Waals surface area contributed by atoms with Gasteiger partial charge in [0.15, 0.2) is 0 Å². The highest BCUT2D eigenvalue weighted by atomic mass is 32.2. The summed E-state index contributed by atoms with van der Waals surface area (Å²) in [6.07, 6.45) is 2.82. The number of rotatable bonds is 5. The highest BCUT2D eigenvalue weighted by molar-refractivity contribution is 7.99. The van der Waals surface area contributed by atoms with Crippen LogP contribution in [0.4, 0.5) is 11.5 Å². The minimum atomic E-state index is -0.106. The van der Waals surface area contributed by atoms with Crippen molar-refractivity contribution in [3.63, 3.8) is 0 Å². The maximum Gasteiger partial charge on any atom is 0.234 e. The molecule has 3 rings (SSSR count). The number of benzene rings is 1. The van der Waals surface area contributed by atoms with Gasteiger partial charge in [-0.15, -0.1) is 0 Å². The topological polar surface area (TPSA) is 81.9 Å². The highest BCUT2D eigenvalue weighted by Gasteiger charge is 2.23. The fraction of sp³-hybridized carbons (Fsp3) is 0.400. The van der Waals surface area contributed by atoms with Gasteiger partial charge in [-0.05, 0) is 42.5 Å². The van der Waals surface area contributed by atoms with Crippen LogP contribution in [0.15, 0.2) is 41.7 Å². The van der Waals surface area contributed by atoms with Crippen LogP contribution in [0.5, 0.6) is 0 Å². The summed E-state index contributed by atoms with van der Waals surface area (Å²) in [6, 6.07) is 10.8. The molecule has 0 radical (unpaired) electrons. The van der Waals surface area contributed by atoms with E-state index in [4.69, 9.17) is 5.26 Å². The van der Waals surface area contributed by atoms with Gasteiger partial charge in [0.25, 0.3) is 0 Å². The molecule has 1 amide bonds. The number of carbonyl (C=O) groups is 1. The molecule has 0 unspecified atom stereocenters. The summed E-state index contributed by atoms with van der Waals surface area (Å²) < 4.78 is 0. The molecule has 6 nitrogen and oxygen atoms in total. The van der Waals surface area contributed by atoms with E-state index in [9.17, 15) is 4.79 Å². The number of piperidine rings is 1. The lowest BCUT2D eigenvalue weighted by Gasteiger charge is -2.35. The first-order valence-corrected chi connectivity index (χ1v) is 10.0. The van der Waals surface area contributed by atoms with Crippen LogP contribution in [0.2, 0.25) is 0 Å². The van der Waals surface area contributed by atoms with E-state index < -0.39 is 0 Å². The Morgan fingerprint density at radius 2 is 1.96 bits per heavy atom. The average molecular weight is 382 g/mol. The van der Waals surface area contributed by atoms with Gasteiger partial charge >= 0.3 is 0 Å². The molecule has 7 heteroatoms. The van der Waals surface area contributed by atoms with Gasteiger partial charge in [0.2, 0.25) is 5.91 Å². The number of nitriles is 1. The van der Waals surface area contributed by atoms with Crippen molar-refractivity contribution in [1.82, 2.24) is 9.97 Å². The predicted molar refractivity (Wildman–Crippen MR) is 108 cm³/mol. The van der Waals surface area contributed by atoms with Crippen LogP contribution >= 0.6 is 11.8 Å². The van der Waals surface area contributed by atoms with Crippen LogP contribution in [-0.4, -0.2) is 34.7 Å². The van der Waals surface area contributed by atoms with Gasteiger partial charge in [-0.3, -0.25) is 4.79 Å². The number of anilines is 2. The zero-order valence-corrected chi connectivity index (χ0v) is 16.4. The van der Waals surface area contributed by atoms with E-state index in [0.717, 1.165) is 23.9 Å². The Balaban J connectivity index is 1.56. The Kier molecular flexibility index (Phi) is 6.30. The number of nitrogens with zero attached hydrogens (tertiary/aromatic N) is 4. The van der Waals surface area contributed by atoms with Crippen molar-refractivity contribution in [3.8, 4) is 6.07 Å². The van der Waals surface area contributed by atoms with Gasteiger partial charge in [-0.1, -0.05) is 25.6 Å². The Morgan fingerprint density at radius 1 is 1.26 bits per heavy atom. The van der Waals surface area contributed by atoms with Crippen LogP contribution in [0.25, 0.3) is 0 Å². The molecule has 1 aromatic carbocycles. The molecule has 1 N–H and O–H groups in total. The van der Waals surface area contributed by atoms with Gasteiger partial charge in [-0.2, -0.15) is 5.26 Å². The van der Waals surface area contributed by atoms with Gasteiger partial charge < -0.3 is 10.2 Å². The Bertz CT molecular complexity index is 823. The Hall–Kier alpha value is -2.59. The number of hydrogen-bond donors (Lipinski definition) is 1. The maximum absolute atomic E-state index is 12.2. The van der Waals surface area contributed by atoms with Crippen LogP contribution in [0, 0.1) is 23.2 Å². The second-order valence-corrected chi connectivity index (χ2v) is 8.09. The zero-order valence-electron chi connectivity index (χ0n) is 15.6. The second kappa shape index (κ2) is 8.87. The van der Waals surface area contributed by atoms with Crippen molar-refractivity contribution in [2.45, 2.75) is 25.3 Å². The Morgan fingerprint density at radius 3 is 2.63 bits per heavy atom. The molecule has 0 saturated carbocycles. The third kappa shape index (κ3) is 5.44. The molecule has 2 atom stereocenters. The largest absolute Gasteiger partial charge is 0.356 e. The molecular formula is C20H23N5OS. The number of carbonyl (C=O) groups excluding carboxylic acids is 1. The number of aromatic nitrogens is 2. The normalized spacial score (nSPS) is 19.4. The lowest BCUT2D eigenvalue weighted by atomic mass is 9.92. The van der Waals surface area contributed by atoms with Crippen LogP contribution in [-0.2, 0) is 4.79 Å². The summed E-state index contributed by atoms with van der Waals surface area (Å²) in [5.41, 5.74) is 1.25. The first-order valence-electron chi connectivity index (χ1n) is 9.03. The monoisotopic (exact) mass is 381 g/mol. The first kappa shape index (κ1) is 19.2. The molecule has 2 heterocycles. The lowest BCUT2D eigenvalue weighted by molar-refractivity contribution is -0.113. The van der Waals surface area contributed by atoms with Gasteiger partial charge in [-0.25, -0.2) is 9.97 Å². The zero-order chi connectivity index (χ0) is 19.2. The molecule has 1 saturated heterocycles. The van der Waals surface area contributed by atoms with Gasteiger partial charge in [0.1, 0.15) is 17.2 Å². The van der Waals surface area contributed by atoms with E-state index in [2.05, 4.69) is 40.1 Å². The second-order valence-electron chi connectivity index (χ2n) is 7.09. The fourth-order valence-electron chi connectivity index (χ4n) is 3.40. The minimum absolute atomic E-state index is 0.106. The molecule has 2 aromatic rings. The number of hydrogen-bond acceptors (Lipinski definition) is 6. The third-order valence-electron chi connectivity index (χ3n) is 4.47. The molecular weight excluding hydrogens is 358 g/mol. The third-order valence-corrected chi connectivity index (χ3v) is 5.39. The quantitative estimate of drug-likeness (QED) is 0.630.